The fraction of sp³-hybridized carbons (Fsp3) is 0.167. The Morgan fingerprint density at radius 2 is 2.75 bits per heavy atom. The summed E-state index contributed by atoms with van der Waals surface area (Å²) in [6.07, 6.45) is 6.38. The highest BCUT2D eigenvalue weighted by Gasteiger charge is 1.92. The van der Waals surface area contributed by atoms with Gasteiger partial charge >= 0.3 is 0 Å². The standard InChI is InChI=1S/C6H5N2/c7-5-6-3-1-2-4-8-6/h1-2,8H,4H2. The van der Waals surface area contributed by atoms with Crippen molar-refractivity contribution in [2.24, 2.45) is 0 Å². The van der Waals surface area contributed by atoms with Crippen molar-refractivity contribution in [2.75, 3.05) is 6.54 Å². The van der Waals surface area contributed by atoms with Crippen molar-refractivity contribution in [1.29, 1.82) is 5.26 Å². The van der Waals surface area contributed by atoms with E-state index in [0.29, 0.717) is 5.70 Å². The lowest BCUT2D eigenvalue weighted by atomic mass is 10.3. The average Bonchev–Trinajstić information content (AvgIpc) is 1.90. The van der Waals surface area contributed by atoms with E-state index in [0.717, 1.165) is 6.54 Å². The van der Waals surface area contributed by atoms with Crippen LogP contribution in [0.1, 0.15) is 0 Å². The van der Waals surface area contributed by atoms with Crippen molar-refractivity contribution in [3.63, 3.8) is 0 Å². The molecule has 1 aliphatic rings. The van der Waals surface area contributed by atoms with E-state index in [4.69, 9.17) is 5.26 Å². The zero-order valence-corrected chi connectivity index (χ0v) is 4.31. The molecule has 1 radical (unpaired) electrons. The summed E-state index contributed by atoms with van der Waals surface area (Å²) in [5, 5.41) is 11.1. The molecule has 0 saturated heterocycles. The van der Waals surface area contributed by atoms with Crippen molar-refractivity contribution in [2.45, 2.75) is 0 Å². The molecule has 0 aliphatic carbocycles. The summed E-state index contributed by atoms with van der Waals surface area (Å²) in [6.45, 7) is 0.746. The zero-order chi connectivity index (χ0) is 5.82. The quantitative estimate of drug-likeness (QED) is 0.482. The Morgan fingerprint density at radius 3 is 3.12 bits per heavy atom. The van der Waals surface area contributed by atoms with E-state index < -0.39 is 0 Å². The summed E-state index contributed by atoms with van der Waals surface area (Å²) in [5.41, 5.74) is 0.521. The summed E-state index contributed by atoms with van der Waals surface area (Å²) >= 11 is 0. The molecule has 8 heavy (non-hydrogen) atoms. The Morgan fingerprint density at radius 1 is 1.88 bits per heavy atom. The molecule has 0 fully saturated rings. The van der Waals surface area contributed by atoms with Crippen LogP contribution < -0.4 is 5.32 Å². The first-order valence-electron chi connectivity index (χ1n) is 2.36. The average molecular weight is 105 g/mol. The summed E-state index contributed by atoms with van der Waals surface area (Å²) in [4.78, 5) is 0. The second kappa shape index (κ2) is 2.17. The predicted molar refractivity (Wildman–Crippen MR) is 29.5 cm³/mol. The highest BCUT2D eigenvalue weighted by Crippen LogP contribution is 1.90. The van der Waals surface area contributed by atoms with E-state index in [-0.39, 0.29) is 0 Å². The molecule has 0 unspecified atom stereocenters. The zero-order valence-electron chi connectivity index (χ0n) is 4.31. The molecule has 0 bridgehead atoms. The van der Waals surface area contributed by atoms with E-state index >= 15 is 0 Å². The third-order valence-corrected chi connectivity index (χ3v) is 0.854. The van der Waals surface area contributed by atoms with E-state index in [2.05, 4.69) is 11.4 Å². The van der Waals surface area contributed by atoms with Crippen LogP contribution in [-0.4, -0.2) is 6.54 Å². The third kappa shape index (κ3) is 0.881. The molecule has 0 atom stereocenters. The number of allylic oxidation sites excluding steroid dienone is 3. The van der Waals surface area contributed by atoms with Gasteiger partial charge in [-0.2, -0.15) is 5.26 Å². The number of nitrogens with zero attached hydrogens (tertiary/aromatic N) is 1. The molecule has 0 amide bonds. The summed E-state index contributed by atoms with van der Waals surface area (Å²) < 4.78 is 0. The SMILES string of the molecule is N#CC1=[C]C=CCN1. The van der Waals surface area contributed by atoms with Gasteiger partial charge in [-0.05, 0) is 0 Å². The van der Waals surface area contributed by atoms with Gasteiger partial charge in [0, 0.05) is 12.6 Å². The molecule has 0 spiro atoms. The van der Waals surface area contributed by atoms with Crippen LogP contribution >= 0.6 is 0 Å². The highest BCUT2D eigenvalue weighted by atomic mass is 14.9. The largest absolute Gasteiger partial charge is 0.373 e. The van der Waals surface area contributed by atoms with Gasteiger partial charge in [-0.15, -0.1) is 0 Å². The normalized spacial score (nSPS) is 16.1. The maximum absolute atomic E-state index is 8.25. The Balaban J connectivity index is 2.67. The second-order valence-electron chi connectivity index (χ2n) is 1.41. The van der Waals surface area contributed by atoms with Gasteiger partial charge in [0.25, 0.3) is 0 Å². The summed E-state index contributed by atoms with van der Waals surface area (Å²) in [7, 11) is 0. The first kappa shape index (κ1) is 4.92. The van der Waals surface area contributed by atoms with Crippen LogP contribution in [0, 0.1) is 17.4 Å². The van der Waals surface area contributed by atoms with Gasteiger partial charge in [0.15, 0.2) is 0 Å². The van der Waals surface area contributed by atoms with Gasteiger partial charge in [0.2, 0.25) is 0 Å². The smallest absolute Gasteiger partial charge is 0.121 e. The molecule has 1 aliphatic heterocycles. The van der Waals surface area contributed by atoms with Crippen LogP contribution in [0.3, 0.4) is 0 Å². The summed E-state index contributed by atoms with van der Waals surface area (Å²) in [6, 6.07) is 1.95. The Kier molecular flexibility index (Phi) is 1.34. The first-order valence-corrected chi connectivity index (χ1v) is 2.36. The molecule has 39 valence electrons. The summed E-state index contributed by atoms with van der Waals surface area (Å²) in [5.74, 6) is 0. The minimum absolute atomic E-state index is 0.521. The van der Waals surface area contributed by atoms with Gasteiger partial charge in [-0.1, -0.05) is 12.2 Å². The second-order valence-corrected chi connectivity index (χ2v) is 1.41. The third-order valence-electron chi connectivity index (χ3n) is 0.854. The lowest BCUT2D eigenvalue weighted by Gasteiger charge is -2.00. The van der Waals surface area contributed by atoms with Crippen LogP contribution in [0.25, 0.3) is 0 Å². The molecule has 0 saturated carbocycles. The van der Waals surface area contributed by atoms with Crippen molar-refractivity contribution in [3.8, 4) is 6.07 Å². The molecule has 1 rings (SSSR count). The molecule has 2 heteroatoms. The van der Waals surface area contributed by atoms with Crippen molar-refractivity contribution in [1.82, 2.24) is 5.32 Å². The van der Waals surface area contributed by atoms with E-state index in [1.54, 1.807) is 6.08 Å². The number of nitriles is 1. The van der Waals surface area contributed by atoms with Gasteiger partial charge < -0.3 is 5.32 Å². The minimum atomic E-state index is 0.521. The number of hydrogen-bond donors (Lipinski definition) is 1. The van der Waals surface area contributed by atoms with Crippen LogP contribution in [0.15, 0.2) is 17.8 Å². The van der Waals surface area contributed by atoms with Crippen molar-refractivity contribution < 1.29 is 0 Å². The van der Waals surface area contributed by atoms with Crippen LogP contribution in [0.2, 0.25) is 0 Å². The molecular formula is C6H5N2. The van der Waals surface area contributed by atoms with E-state index in [1.165, 1.54) is 0 Å². The van der Waals surface area contributed by atoms with Crippen LogP contribution in [-0.2, 0) is 0 Å². The predicted octanol–water partition coefficient (Wildman–Crippen LogP) is 0.356. The number of hydrogen-bond acceptors (Lipinski definition) is 2. The lowest BCUT2D eigenvalue weighted by molar-refractivity contribution is 0.919. The monoisotopic (exact) mass is 105 g/mol. The fourth-order valence-corrected chi connectivity index (χ4v) is 0.485. The van der Waals surface area contributed by atoms with Crippen LogP contribution in [0.5, 0.6) is 0 Å². The fourth-order valence-electron chi connectivity index (χ4n) is 0.485. The number of rotatable bonds is 0. The van der Waals surface area contributed by atoms with E-state index in [1.807, 2.05) is 12.1 Å². The Hall–Kier alpha value is -1.23. The maximum Gasteiger partial charge on any atom is 0.121 e. The van der Waals surface area contributed by atoms with E-state index in [9.17, 15) is 0 Å². The first-order chi connectivity index (χ1) is 3.93. The number of dihydropyridines is 1. The van der Waals surface area contributed by atoms with Crippen molar-refractivity contribution >= 4 is 0 Å². The topological polar surface area (TPSA) is 35.8 Å². The Bertz CT molecular complexity index is 171. The lowest BCUT2D eigenvalue weighted by Crippen LogP contribution is -2.13. The van der Waals surface area contributed by atoms with Crippen molar-refractivity contribution in [3.05, 3.63) is 23.9 Å². The van der Waals surface area contributed by atoms with Gasteiger partial charge in [0.05, 0.1) is 0 Å². The van der Waals surface area contributed by atoms with Gasteiger partial charge in [-0.3, -0.25) is 0 Å². The van der Waals surface area contributed by atoms with Gasteiger partial charge in [0.1, 0.15) is 11.8 Å². The molecule has 0 aromatic carbocycles. The number of nitrogens with one attached hydrogen (secondary N) is 1. The molecule has 2 nitrogen and oxygen atoms in total. The molecule has 1 heterocycles. The highest BCUT2D eigenvalue weighted by molar-refractivity contribution is 5.22. The van der Waals surface area contributed by atoms with Crippen LogP contribution in [0.4, 0.5) is 0 Å². The molecular weight excluding hydrogens is 100 g/mol. The molecule has 0 aromatic rings. The molecule has 1 N–H and O–H groups in total. The maximum atomic E-state index is 8.25. The van der Waals surface area contributed by atoms with Gasteiger partial charge in [-0.25, -0.2) is 0 Å². The molecule has 0 aromatic heterocycles. The Labute approximate surface area is 48.1 Å². The minimum Gasteiger partial charge on any atom is -0.373 e.